The van der Waals surface area contributed by atoms with Crippen LogP contribution in [0, 0.1) is 0 Å². The van der Waals surface area contributed by atoms with E-state index in [1.807, 2.05) is 4.90 Å². The van der Waals surface area contributed by atoms with Crippen molar-refractivity contribution in [3.8, 4) is 0 Å². The molecule has 0 aliphatic carbocycles. The molecule has 2 heterocycles. The number of carbonyl (C=O) groups excluding carboxylic acids is 1. The highest BCUT2D eigenvalue weighted by atomic mass is 16.4. The van der Waals surface area contributed by atoms with Crippen LogP contribution >= 0.6 is 0 Å². The van der Waals surface area contributed by atoms with E-state index in [2.05, 4.69) is 10.3 Å². The topological polar surface area (TPSA) is 123 Å². The summed E-state index contributed by atoms with van der Waals surface area (Å²) in [5, 5.41) is 21.9. The Balaban J connectivity index is 1.81. The fourth-order valence-corrected chi connectivity index (χ4v) is 3.56. The first kappa shape index (κ1) is 18.9. The number of fused-ring (bicyclic) bond motifs is 1. The molecule has 1 aromatic carbocycles. The minimum atomic E-state index is -1.02. The van der Waals surface area contributed by atoms with Crippen LogP contribution in [0.15, 0.2) is 24.4 Å². The van der Waals surface area contributed by atoms with Crippen LogP contribution in [0.2, 0.25) is 0 Å². The standard InChI is InChI=1S/C19H23N3O5/c23-16(6-7-17(24)25)21-12-4-5-13-14(11-20-15(13)10-12)18(19(26)27)22-8-2-1-3-9-22/h4-5,10-11,18,20H,1-3,6-9H2,(H,21,23)(H,24,25)(H,26,27)/t18-/m1/s1. The first-order chi connectivity index (χ1) is 13.0. The molecule has 8 nitrogen and oxygen atoms in total. The van der Waals surface area contributed by atoms with Crippen molar-refractivity contribution in [2.24, 2.45) is 0 Å². The number of nitrogens with zero attached hydrogens (tertiary/aromatic N) is 1. The second-order valence-electron chi connectivity index (χ2n) is 6.78. The van der Waals surface area contributed by atoms with Gasteiger partial charge in [0.1, 0.15) is 6.04 Å². The van der Waals surface area contributed by atoms with Crippen LogP contribution in [0.3, 0.4) is 0 Å². The van der Waals surface area contributed by atoms with E-state index >= 15 is 0 Å². The summed E-state index contributed by atoms with van der Waals surface area (Å²) in [4.78, 5) is 39.3. The van der Waals surface area contributed by atoms with Crippen LogP contribution in [0.25, 0.3) is 10.9 Å². The molecular weight excluding hydrogens is 350 g/mol. The molecule has 1 aromatic heterocycles. The van der Waals surface area contributed by atoms with E-state index in [1.165, 1.54) is 0 Å². The van der Waals surface area contributed by atoms with Crippen molar-refractivity contribution in [1.82, 2.24) is 9.88 Å². The number of likely N-dealkylation sites (tertiary alicyclic amines) is 1. The summed E-state index contributed by atoms with van der Waals surface area (Å²) < 4.78 is 0. The van der Waals surface area contributed by atoms with Gasteiger partial charge in [-0.3, -0.25) is 19.3 Å². The molecule has 8 heteroatoms. The minimum absolute atomic E-state index is 0.0978. The number of carboxylic acids is 2. The number of H-pyrrole nitrogens is 1. The molecule has 1 aliphatic rings. The van der Waals surface area contributed by atoms with Crippen molar-refractivity contribution >= 4 is 34.4 Å². The summed E-state index contributed by atoms with van der Waals surface area (Å²) in [6, 6.07) is 4.52. The monoisotopic (exact) mass is 373 g/mol. The van der Waals surface area contributed by atoms with Gasteiger partial charge in [-0.15, -0.1) is 0 Å². The van der Waals surface area contributed by atoms with Crippen LogP contribution in [0.5, 0.6) is 0 Å². The third kappa shape index (κ3) is 4.46. The Kier molecular flexibility index (Phi) is 5.75. The zero-order valence-corrected chi connectivity index (χ0v) is 14.9. The van der Waals surface area contributed by atoms with Gasteiger partial charge in [0, 0.05) is 34.8 Å². The predicted octanol–water partition coefficient (Wildman–Crippen LogP) is 2.58. The highest BCUT2D eigenvalue weighted by Crippen LogP contribution is 2.32. The Morgan fingerprint density at radius 1 is 1.11 bits per heavy atom. The number of hydrogen-bond acceptors (Lipinski definition) is 4. The van der Waals surface area contributed by atoms with Gasteiger partial charge >= 0.3 is 11.9 Å². The van der Waals surface area contributed by atoms with Gasteiger partial charge in [0.2, 0.25) is 5.91 Å². The largest absolute Gasteiger partial charge is 0.481 e. The summed E-state index contributed by atoms with van der Waals surface area (Å²) in [5.41, 5.74) is 1.98. The van der Waals surface area contributed by atoms with Crippen molar-refractivity contribution in [3.63, 3.8) is 0 Å². The van der Waals surface area contributed by atoms with Gasteiger partial charge in [-0.2, -0.15) is 0 Å². The molecule has 27 heavy (non-hydrogen) atoms. The highest BCUT2D eigenvalue weighted by molar-refractivity contribution is 5.96. The lowest BCUT2D eigenvalue weighted by Crippen LogP contribution is -2.37. The molecule has 144 valence electrons. The minimum Gasteiger partial charge on any atom is -0.481 e. The number of piperidine rings is 1. The van der Waals surface area contributed by atoms with Crippen LogP contribution < -0.4 is 5.32 Å². The van der Waals surface area contributed by atoms with Crippen LogP contribution in [-0.4, -0.2) is 51.0 Å². The Morgan fingerprint density at radius 3 is 2.52 bits per heavy atom. The number of nitrogens with one attached hydrogen (secondary N) is 2. The smallest absolute Gasteiger partial charge is 0.325 e. The first-order valence-electron chi connectivity index (χ1n) is 9.05. The number of aromatic nitrogens is 1. The maximum Gasteiger partial charge on any atom is 0.325 e. The third-order valence-electron chi connectivity index (χ3n) is 4.85. The molecule has 0 bridgehead atoms. The average molecular weight is 373 g/mol. The highest BCUT2D eigenvalue weighted by Gasteiger charge is 2.30. The lowest BCUT2D eigenvalue weighted by atomic mass is 10.0. The molecule has 2 aromatic rings. The lowest BCUT2D eigenvalue weighted by Gasteiger charge is -2.31. The van der Waals surface area contributed by atoms with Crippen molar-refractivity contribution < 1.29 is 24.6 Å². The van der Waals surface area contributed by atoms with Gasteiger partial charge < -0.3 is 20.5 Å². The number of rotatable bonds is 7. The van der Waals surface area contributed by atoms with E-state index in [1.54, 1.807) is 24.4 Å². The van der Waals surface area contributed by atoms with Gasteiger partial charge in [0.05, 0.1) is 6.42 Å². The summed E-state index contributed by atoms with van der Waals surface area (Å²) in [6.45, 7) is 1.53. The van der Waals surface area contributed by atoms with Crippen molar-refractivity contribution in [2.45, 2.75) is 38.1 Å². The average Bonchev–Trinajstić information content (AvgIpc) is 3.04. The molecule has 4 N–H and O–H groups in total. The van der Waals surface area contributed by atoms with Crippen molar-refractivity contribution in [1.29, 1.82) is 0 Å². The van der Waals surface area contributed by atoms with Crippen molar-refractivity contribution in [2.75, 3.05) is 18.4 Å². The zero-order chi connectivity index (χ0) is 19.4. The summed E-state index contributed by atoms with van der Waals surface area (Å²) >= 11 is 0. The van der Waals surface area contributed by atoms with E-state index in [-0.39, 0.29) is 18.7 Å². The number of carbonyl (C=O) groups is 3. The third-order valence-corrected chi connectivity index (χ3v) is 4.85. The van der Waals surface area contributed by atoms with Crippen LogP contribution in [0.4, 0.5) is 5.69 Å². The second-order valence-corrected chi connectivity index (χ2v) is 6.78. The Bertz CT molecular complexity index is 854. The molecule has 0 radical (unpaired) electrons. The number of carboxylic acid groups (broad SMARTS) is 2. The Morgan fingerprint density at radius 2 is 1.85 bits per heavy atom. The van der Waals surface area contributed by atoms with Gasteiger partial charge in [-0.05, 0) is 38.1 Å². The van der Waals surface area contributed by atoms with E-state index in [4.69, 9.17) is 5.11 Å². The number of amides is 1. The van der Waals surface area contributed by atoms with Gasteiger partial charge in [-0.25, -0.2) is 0 Å². The number of hydrogen-bond donors (Lipinski definition) is 4. The summed E-state index contributed by atoms with van der Waals surface area (Å²) in [6.07, 6.45) is 4.52. The van der Waals surface area contributed by atoms with Gasteiger partial charge in [0.25, 0.3) is 0 Å². The summed E-state index contributed by atoms with van der Waals surface area (Å²) in [5.74, 6) is -2.27. The molecule has 1 fully saturated rings. The normalized spacial score (nSPS) is 16.1. The number of benzene rings is 1. The molecular formula is C19H23N3O5. The predicted molar refractivity (Wildman–Crippen MR) is 99.6 cm³/mol. The maximum atomic E-state index is 11.9. The van der Waals surface area contributed by atoms with Gasteiger partial charge in [0.15, 0.2) is 0 Å². The molecule has 0 saturated carbocycles. The number of aliphatic carboxylic acids is 2. The second kappa shape index (κ2) is 8.22. The lowest BCUT2D eigenvalue weighted by molar-refractivity contribution is -0.144. The molecule has 0 unspecified atom stereocenters. The molecule has 1 aliphatic heterocycles. The van der Waals surface area contributed by atoms with Crippen LogP contribution in [0.1, 0.15) is 43.7 Å². The molecule has 1 atom stereocenters. The molecule has 1 amide bonds. The van der Waals surface area contributed by atoms with E-state index in [0.29, 0.717) is 11.3 Å². The Hall–Kier alpha value is -2.87. The number of anilines is 1. The maximum absolute atomic E-state index is 11.9. The molecule has 0 spiro atoms. The fourth-order valence-electron chi connectivity index (χ4n) is 3.56. The molecule has 3 rings (SSSR count). The van der Waals surface area contributed by atoms with Crippen molar-refractivity contribution in [3.05, 3.63) is 30.0 Å². The fraction of sp³-hybridized carbons (Fsp3) is 0.421. The van der Waals surface area contributed by atoms with E-state index < -0.39 is 18.0 Å². The summed E-state index contributed by atoms with van der Waals surface area (Å²) in [7, 11) is 0. The SMILES string of the molecule is O=C(O)CCC(=O)Nc1ccc2c([C@H](C(=O)O)N3CCCCC3)c[nH]c2c1. The first-order valence-corrected chi connectivity index (χ1v) is 9.05. The zero-order valence-electron chi connectivity index (χ0n) is 14.9. The quantitative estimate of drug-likeness (QED) is 0.592. The van der Waals surface area contributed by atoms with E-state index in [9.17, 15) is 19.5 Å². The van der Waals surface area contributed by atoms with Gasteiger partial charge in [-0.1, -0.05) is 12.5 Å². The van der Waals surface area contributed by atoms with E-state index in [0.717, 1.165) is 43.3 Å². The Labute approximate surface area is 156 Å². The van der Waals surface area contributed by atoms with Crippen LogP contribution in [-0.2, 0) is 14.4 Å². The molecule has 1 saturated heterocycles. The number of aromatic amines is 1.